The lowest BCUT2D eigenvalue weighted by Gasteiger charge is -2.46. The highest BCUT2D eigenvalue weighted by Crippen LogP contribution is 2.38. The third-order valence-corrected chi connectivity index (χ3v) is 7.05. The van der Waals surface area contributed by atoms with Gasteiger partial charge in [0.15, 0.2) is 0 Å². The number of nitrogens with zero attached hydrogens (tertiary/aromatic N) is 4. The first-order valence-corrected chi connectivity index (χ1v) is 10.8. The molecule has 0 unspecified atom stereocenters. The third-order valence-electron chi connectivity index (χ3n) is 7.05. The average Bonchev–Trinajstić information content (AvgIpc) is 2.76. The largest absolute Gasteiger partial charge is 0.380 e. The number of aliphatic hydroxyl groups is 1. The predicted octanol–water partition coefficient (Wildman–Crippen LogP) is 1.31. The number of pyridine rings is 2. The van der Waals surface area contributed by atoms with Crippen LogP contribution in [0.4, 0.5) is 0 Å². The van der Waals surface area contributed by atoms with Crippen molar-refractivity contribution in [3.8, 4) is 11.1 Å². The monoisotopic (exact) mass is 408 g/mol. The van der Waals surface area contributed by atoms with E-state index in [4.69, 9.17) is 0 Å². The zero-order valence-electron chi connectivity index (χ0n) is 17.3. The minimum atomic E-state index is -1.25. The predicted molar refractivity (Wildman–Crippen MR) is 113 cm³/mol. The van der Waals surface area contributed by atoms with Gasteiger partial charge >= 0.3 is 0 Å². The average molecular weight is 409 g/mol. The fraction of sp³-hybridized carbons (Fsp3) is 0.522. The summed E-state index contributed by atoms with van der Waals surface area (Å²) in [6.45, 7) is 3.27. The summed E-state index contributed by atoms with van der Waals surface area (Å²) in [4.78, 5) is 34.3. The van der Waals surface area contributed by atoms with E-state index in [1.807, 2.05) is 28.6 Å². The van der Waals surface area contributed by atoms with Crippen LogP contribution < -0.4 is 5.56 Å². The molecule has 2 atom stereocenters. The smallest absolute Gasteiger partial charge is 0.254 e. The molecule has 3 aliphatic rings. The molecule has 158 valence electrons. The molecule has 2 aromatic heterocycles. The van der Waals surface area contributed by atoms with Crippen LogP contribution in [0.15, 0.2) is 41.5 Å². The van der Waals surface area contributed by atoms with Crippen molar-refractivity contribution in [1.29, 1.82) is 0 Å². The Morgan fingerprint density at radius 2 is 1.97 bits per heavy atom. The van der Waals surface area contributed by atoms with Crippen molar-refractivity contribution in [2.24, 2.45) is 5.92 Å². The van der Waals surface area contributed by atoms with Gasteiger partial charge in [-0.2, -0.15) is 0 Å². The van der Waals surface area contributed by atoms with Gasteiger partial charge in [-0.3, -0.25) is 14.6 Å². The Morgan fingerprint density at radius 3 is 2.70 bits per heavy atom. The van der Waals surface area contributed by atoms with E-state index in [0.717, 1.165) is 36.3 Å². The van der Waals surface area contributed by atoms with Crippen molar-refractivity contribution in [2.75, 3.05) is 33.2 Å². The first-order chi connectivity index (χ1) is 14.4. The highest BCUT2D eigenvalue weighted by Gasteiger charge is 2.45. The minimum absolute atomic E-state index is 0.00905. The van der Waals surface area contributed by atoms with Gasteiger partial charge < -0.3 is 19.5 Å². The number of piperidine rings is 2. The molecule has 0 aliphatic carbocycles. The van der Waals surface area contributed by atoms with Crippen LogP contribution in [-0.2, 0) is 11.3 Å². The maximum absolute atomic E-state index is 13.3. The fourth-order valence-electron chi connectivity index (χ4n) is 5.32. The lowest BCUT2D eigenvalue weighted by Crippen LogP contribution is -2.58. The molecular formula is C23H28N4O3. The second-order valence-electron chi connectivity index (χ2n) is 9.20. The quantitative estimate of drug-likeness (QED) is 0.811. The van der Waals surface area contributed by atoms with Gasteiger partial charge in [-0.05, 0) is 49.9 Å². The molecule has 2 saturated heterocycles. The molecule has 2 fully saturated rings. The van der Waals surface area contributed by atoms with Gasteiger partial charge in [-0.25, -0.2) is 0 Å². The van der Waals surface area contributed by atoms with E-state index in [-0.39, 0.29) is 23.3 Å². The maximum atomic E-state index is 13.3. The summed E-state index contributed by atoms with van der Waals surface area (Å²) in [6, 6.07) is 7.59. The molecule has 1 amide bonds. The topological polar surface area (TPSA) is 78.7 Å². The summed E-state index contributed by atoms with van der Waals surface area (Å²) in [6.07, 6.45) is 5.42. The van der Waals surface area contributed by atoms with Gasteiger partial charge in [0, 0.05) is 68.4 Å². The van der Waals surface area contributed by atoms with E-state index in [0.29, 0.717) is 32.5 Å². The SMILES string of the molecule is CN1CCC(O)(C(=O)N2C[C@@H]3C[C@H](C2)c2cc(-c4cccnc4)cc(=O)n2C3)CC1. The molecule has 30 heavy (non-hydrogen) atoms. The second-order valence-corrected chi connectivity index (χ2v) is 9.20. The molecule has 2 aromatic rings. The van der Waals surface area contributed by atoms with Crippen molar-refractivity contribution < 1.29 is 9.90 Å². The number of hydrogen-bond donors (Lipinski definition) is 1. The Balaban J connectivity index is 1.43. The van der Waals surface area contributed by atoms with Crippen LogP contribution in [0.5, 0.6) is 0 Å². The van der Waals surface area contributed by atoms with E-state index in [2.05, 4.69) is 16.0 Å². The van der Waals surface area contributed by atoms with Crippen LogP contribution in [0.2, 0.25) is 0 Å². The molecule has 2 bridgehead atoms. The van der Waals surface area contributed by atoms with E-state index in [9.17, 15) is 14.7 Å². The lowest BCUT2D eigenvalue weighted by molar-refractivity contribution is -0.158. The van der Waals surface area contributed by atoms with Gasteiger partial charge in [0.05, 0.1) is 0 Å². The molecule has 7 heteroatoms. The van der Waals surface area contributed by atoms with Gasteiger partial charge in [-0.15, -0.1) is 0 Å². The Kier molecular flexibility index (Phi) is 4.75. The molecule has 0 saturated carbocycles. The number of amides is 1. The van der Waals surface area contributed by atoms with Gasteiger partial charge in [-0.1, -0.05) is 6.07 Å². The number of carbonyl (C=O) groups is 1. The van der Waals surface area contributed by atoms with Crippen molar-refractivity contribution in [3.05, 3.63) is 52.7 Å². The number of fused-ring (bicyclic) bond motifs is 4. The molecule has 0 radical (unpaired) electrons. The molecular weight excluding hydrogens is 380 g/mol. The molecule has 5 rings (SSSR count). The van der Waals surface area contributed by atoms with Crippen molar-refractivity contribution >= 4 is 5.91 Å². The van der Waals surface area contributed by atoms with Gasteiger partial charge in [0.25, 0.3) is 11.5 Å². The normalized spacial score (nSPS) is 25.6. The minimum Gasteiger partial charge on any atom is -0.380 e. The molecule has 0 spiro atoms. The highest BCUT2D eigenvalue weighted by molar-refractivity contribution is 5.85. The molecule has 3 aliphatic heterocycles. The van der Waals surface area contributed by atoms with Crippen molar-refractivity contribution in [3.63, 3.8) is 0 Å². The molecule has 7 nitrogen and oxygen atoms in total. The maximum Gasteiger partial charge on any atom is 0.254 e. The standard InChI is InChI=1S/C23H28N4O3/c1-25-7-4-23(30,5-8-25)22(29)26-13-16-9-19(15-26)20-10-18(11-21(28)27(20)14-16)17-3-2-6-24-12-17/h2-3,6,10-12,16,19,30H,4-5,7-9,13-15H2,1H3/t16-,19+/m0/s1. The van der Waals surface area contributed by atoms with Crippen LogP contribution in [0.25, 0.3) is 11.1 Å². The fourth-order valence-corrected chi connectivity index (χ4v) is 5.32. The summed E-state index contributed by atoms with van der Waals surface area (Å²) in [5, 5.41) is 11.0. The lowest BCUT2D eigenvalue weighted by atomic mass is 9.81. The first-order valence-electron chi connectivity index (χ1n) is 10.8. The van der Waals surface area contributed by atoms with Crippen LogP contribution in [0.3, 0.4) is 0 Å². The van der Waals surface area contributed by atoms with Crippen LogP contribution in [-0.4, -0.2) is 69.2 Å². The number of likely N-dealkylation sites (tertiary alicyclic amines) is 2. The van der Waals surface area contributed by atoms with E-state index >= 15 is 0 Å². The molecule has 1 N–H and O–H groups in total. The van der Waals surface area contributed by atoms with Gasteiger partial charge in [0.2, 0.25) is 0 Å². The second kappa shape index (κ2) is 7.32. The number of rotatable bonds is 2. The summed E-state index contributed by atoms with van der Waals surface area (Å²) >= 11 is 0. The van der Waals surface area contributed by atoms with Gasteiger partial charge in [0.1, 0.15) is 5.60 Å². The Bertz CT molecular complexity index is 1010. The number of carbonyl (C=O) groups excluding carboxylic acids is 1. The van der Waals surface area contributed by atoms with Crippen LogP contribution in [0, 0.1) is 5.92 Å². The van der Waals surface area contributed by atoms with E-state index in [1.54, 1.807) is 18.5 Å². The van der Waals surface area contributed by atoms with Crippen LogP contribution in [0.1, 0.15) is 30.9 Å². The summed E-state index contributed by atoms with van der Waals surface area (Å²) in [5.74, 6) is 0.224. The Labute approximate surface area is 176 Å². The number of hydrogen-bond acceptors (Lipinski definition) is 5. The molecule has 0 aromatic carbocycles. The Hall–Kier alpha value is -2.51. The zero-order chi connectivity index (χ0) is 20.9. The van der Waals surface area contributed by atoms with E-state index in [1.165, 1.54) is 0 Å². The van der Waals surface area contributed by atoms with Crippen LogP contribution >= 0.6 is 0 Å². The number of aromatic nitrogens is 2. The first kappa shape index (κ1) is 19.5. The summed E-state index contributed by atoms with van der Waals surface area (Å²) in [7, 11) is 2.02. The third kappa shape index (κ3) is 3.36. The molecule has 5 heterocycles. The van der Waals surface area contributed by atoms with Crippen molar-refractivity contribution in [1.82, 2.24) is 19.4 Å². The summed E-state index contributed by atoms with van der Waals surface area (Å²) in [5.41, 5.74) is 1.54. The van der Waals surface area contributed by atoms with Crippen molar-refractivity contribution in [2.45, 2.75) is 37.3 Å². The Morgan fingerprint density at radius 1 is 1.17 bits per heavy atom. The zero-order valence-corrected chi connectivity index (χ0v) is 17.3. The summed E-state index contributed by atoms with van der Waals surface area (Å²) < 4.78 is 1.88. The highest BCUT2D eigenvalue weighted by atomic mass is 16.3. The van der Waals surface area contributed by atoms with E-state index < -0.39 is 5.60 Å².